The number of nitrogens with one attached hydrogen (secondary N) is 2. The van der Waals surface area contributed by atoms with Crippen LogP contribution in [0.2, 0.25) is 0 Å². The van der Waals surface area contributed by atoms with Crippen LogP contribution >= 0.6 is 0 Å². The van der Waals surface area contributed by atoms with Crippen LogP contribution in [-0.4, -0.2) is 35.7 Å². The average Bonchev–Trinajstić information content (AvgIpc) is 2.75. The summed E-state index contributed by atoms with van der Waals surface area (Å²) in [7, 11) is 0. The summed E-state index contributed by atoms with van der Waals surface area (Å²) in [4.78, 5) is 38.3. The van der Waals surface area contributed by atoms with Crippen molar-refractivity contribution in [3.8, 4) is 0 Å². The molecule has 0 aliphatic rings. The van der Waals surface area contributed by atoms with Crippen molar-refractivity contribution in [3.05, 3.63) is 71.8 Å². The van der Waals surface area contributed by atoms with Gasteiger partial charge >= 0.3 is 12.1 Å². The number of alkyl carbamates (subject to hydrolysis) is 1. The van der Waals surface area contributed by atoms with Crippen molar-refractivity contribution in [3.63, 3.8) is 0 Å². The third kappa shape index (κ3) is 9.35. The Kier molecular flexibility index (Phi) is 9.45. The molecular weight excluding hydrogens is 420 g/mol. The fraction of sp³-hybridized carbons (Fsp3) is 0.423. The van der Waals surface area contributed by atoms with Gasteiger partial charge in [-0.15, -0.1) is 0 Å². The number of rotatable bonds is 9. The van der Waals surface area contributed by atoms with Crippen molar-refractivity contribution in [2.45, 2.75) is 65.3 Å². The Hall–Kier alpha value is -3.35. The summed E-state index contributed by atoms with van der Waals surface area (Å²) in [5, 5.41) is 5.39. The molecule has 0 bridgehead atoms. The SMILES string of the molecule is CC(C)C(NC(=O)C(Cc1ccccc1)NC(=O)OC(C)(C)C)C(=O)OCc1ccccc1. The summed E-state index contributed by atoms with van der Waals surface area (Å²) in [6.45, 7) is 9.00. The third-order valence-electron chi connectivity index (χ3n) is 4.73. The largest absolute Gasteiger partial charge is 0.459 e. The van der Waals surface area contributed by atoms with E-state index in [1.54, 1.807) is 20.8 Å². The van der Waals surface area contributed by atoms with E-state index in [9.17, 15) is 14.4 Å². The number of esters is 1. The van der Waals surface area contributed by atoms with Crippen molar-refractivity contribution in [2.24, 2.45) is 5.92 Å². The second-order valence-electron chi connectivity index (χ2n) is 9.21. The molecule has 7 nitrogen and oxygen atoms in total. The number of ether oxygens (including phenoxy) is 2. The van der Waals surface area contributed by atoms with Crippen LogP contribution in [0.4, 0.5) is 4.79 Å². The number of hydrogen-bond acceptors (Lipinski definition) is 5. The van der Waals surface area contributed by atoms with Gasteiger partial charge in [-0.2, -0.15) is 0 Å². The minimum absolute atomic E-state index is 0.113. The molecule has 178 valence electrons. The fourth-order valence-electron chi connectivity index (χ4n) is 3.08. The highest BCUT2D eigenvalue weighted by Gasteiger charge is 2.31. The quantitative estimate of drug-likeness (QED) is 0.559. The second kappa shape index (κ2) is 12.0. The van der Waals surface area contributed by atoms with E-state index in [2.05, 4.69) is 10.6 Å². The van der Waals surface area contributed by atoms with Crippen LogP contribution in [-0.2, 0) is 32.1 Å². The summed E-state index contributed by atoms with van der Waals surface area (Å²) >= 11 is 0. The normalized spacial score (nSPS) is 13.0. The Morgan fingerprint density at radius 2 is 1.39 bits per heavy atom. The molecule has 2 unspecified atom stereocenters. The molecule has 0 aliphatic heterocycles. The van der Waals surface area contributed by atoms with E-state index >= 15 is 0 Å². The van der Waals surface area contributed by atoms with Gasteiger partial charge in [0.15, 0.2) is 0 Å². The zero-order chi connectivity index (χ0) is 24.4. The van der Waals surface area contributed by atoms with Crippen LogP contribution in [0, 0.1) is 5.92 Å². The van der Waals surface area contributed by atoms with Crippen molar-refractivity contribution in [1.82, 2.24) is 10.6 Å². The lowest BCUT2D eigenvalue weighted by Gasteiger charge is -2.26. The minimum atomic E-state index is -0.926. The molecule has 0 radical (unpaired) electrons. The average molecular weight is 455 g/mol. The van der Waals surface area contributed by atoms with Gasteiger partial charge in [-0.05, 0) is 37.8 Å². The predicted octanol–water partition coefficient (Wildman–Crippen LogP) is 4.01. The molecule has 0 heterocycles. The number of carbonyl (C=O) groups excluding carboxylic acids is 3. The summed E-state index contributed by atoms with van der Waals surface area (Å²) in [5.41, 5.74) is 1.01. The Morgan fingerprint density at radius 1 is 0.848 bits per heavy atom. The van der Waals surface area contributed by atoms with Gasteiger partial charge < -0.3 is 20.1 Å². The lowest BCUT2D eigenvalue weighted by Crippen LogP contribution is -2.54. The molecule has 33 heavy (non-hydrogen) atoms. The van der Waals surface area contributed by atoms with Gasteiger partial charge in [0.05, 0.1) is 0 Å². The maximum absolute atomic E-state index is 13.2. The monoisotopic (exact) mass is 454 g/mol. The lowest BCUT2D eigenvalue weighted by atomic mass is 10.0. The Morgan fingerprint density at radius 3 is 1.91 bits per heavy atom. The van der Waals surface area contributed by atoms with Gasteiger partial charge in [-0.3, -0.25) is 4.79 Å². The summed E-state index contributed by atoms with van der Waals surface area (Å²) < 4.78 is 10.8. The van der Waals surface area contributed by atoms with Crippen LogP contribution in [0.25, 0.3) is 0 Å². The molecule has 2 aromatic carbocycles. The maximum Gasteiger partial charge on any atom is 0.408 e. The maximum atomic E-state index is 13.2. The van der Waals surface area contributed by atoms with Gasteiger partial charge in [0.1, 0.15) is 24.3 Å². The van der Waals surface area contributed by atoms with Crippen LogP contribution in [0.1, 0.15) is 45.7 Å². The minimum Gasteiger partial charge on any atom is -0.459 e. The predicted molar refractivity (Wildman–Crippen MR) is 126 cm³/mol. The van der Waals surface area contributed by atoms with E-state index < -0.39 is 35.7 Å². The van der Waals surface area contributed by atoms with Gasteiger partial charge in [-0.25, -0.2) is 9.59 Å². The van der Waals surface area contributed by atoms with Gasteiger partial charge in [0.25, 0.3) is 0 Å². The molecule has 7 heteroatoms. The molecule has 2 N–H and O–H groups in total. The first-order chi connectivity index (χ1) is 15.5. The molecule has 0 fully saturated rings. The molecule has 2 rings (SSSR count). The van der Waals surface area contributed by atoms with Crippen LogP contribution in [0.3, 0.4) is 0 Å². The molecule has 2 amide bonds. The molecule has 0 aromatic heterocycles. The summed E-state index contributed by atoms with van der Waals surface area (Å²) in [6, 6.07) is 16.9. The molecular formula is C26H34N2O5. The van der Waals surface area contributed by atoms with Crippen LogP contribution in [0.15, 0.2) is 60.7 Å². The first-order valence-corrected chi connectivity index (χ1v) is 11.1. The van der Waals surface area contributed by atoms with Crippen molar-refractivity contribution in [1.29, 1.82) is 0 Å². The topological polar surface area (TPSA) is 93.7 Å². The molecule has 2 aromatic rings. The first kappa shape index (κ1) is 25.9. The number of carbonyl (C=O) groups is 3. The third-order valence-corrected chi connectivity index (χ3v) is 4.73. The Bertz CT molecular complexity index is 907. The number of benzene rings is 2. The smallest absolute Gasteiger partial charge is 0.408 e. The fourth-order valence-corrected chi connectivity index (χ4v) is 3.08. The number of hydrogen-bond donors (Lipinski definition) is 2. The van der Waals surface area contributed by atoms with E-state index in [1.807, 2.05) is 74.5 Å². The van der Waals surface area contributed by atoms with E-state index in [-0.39, 0.29) is 18.9 Å². The standard InChI is InChI=1S/C26H34N2O5/c1-18(2)22(24(30)32-17-20-14-10-7-11-15-20)28-23(29)21(16-19-12-8-6-9-13-19)27-25(31)33-26(3,4)5/h6-15,18,21-22H,16-17H2,1-5H3,(H,27,31)(H,28,29). The van der Waals surface area contributed by atoms with E-state index in [4.69, 9.17) is 9.47 Å². The van der Waals surface area contributed by atoms with Gasteiger partial charge in [0.2, 0.25) is 5.91 Å². The van der Waals surface area contributed by atoms with Crippen LogP contribution < -0.4 is 10.6 Å². The zero-order valence-corrected chi connectivity index (χ0v) is 20.0. The summed E-state index contributed by atoms with van der Waals surface area (Å²) in [6.07, 6.45) is -0.457. The highest BCUT2D eigenvalue weighted by Crippen LogP contribution is 2.11. The highest BCUT2D eigenvalue weighted by atomic mass is 16.6. The Labute approximate surface area is 195 Å². The van der Waals surface area contributed by atoms with E-state index in [0.717, 1.165) is 11.1 Å². The van der Waals surface area contributed by atoms with Crippen molar-refractivity contribution >= 4 is 18.0 Å². The Balaban J connectivity index is 2.10. The van der Waals surface area contributed by atoms with Crippen molar-refractivity contribution < 1.29 is 23.9 Å². The van der Waals surface area contributed by atoms with E-state index in [0.29, 0.717) is 0 Å². The van der Waals surface area contributed by atoms with Gasteiger partial charge in [0, 0.05) is 6.42 Å². The molecule has 0 saturated carbocycles. The van der Waals surface area contributed by atoms with Crippen molar-refractivity contribution in [2.75, 3.05) is 0 Å². The highest BCUT2D eigenvalue weighted by molar-refractivity contribution is 5.90. The van der Waals surface area contributed by atoms with E-state index in [1.165, 1.54) is 0 Å². The zero-order valence-electron chi connectivity index (χ0n) is 20.0. The van der Waals surface area contributed by atoms with Crippen LogP contribution in [0.5, 0.6) is 0 Å². The van der Waals surface area contributed by atoms with Gasteiger partial charge in [-0.1, -0.05) is 74.5 Å². The number of amides is 2. The molecule has 0 saturated heterocycles. The molecule has 0 spiro atoms. The first-order valence-electron chi connectivity index (χ1n) is 11.1. The molecule has 0 aliphatic carbocycles. The second-order valence-corrected chi connectivity index (χ2v) is 9.21. The summed E-state index contributed by atoms with van der Waals surface area (Å²) in [5.74, 6) is -1.23. The lowest BCUT2D eigenvalue weighted by molar-refractivity contribution is -0.150. The molecule has 2 atom stereocenters.